The van der Waals surface area contributed by atoms with Gasteiger partial charge in [-0.2, -0.15) is 0 Å². The molecular weight excluding hydrogens is 435 g/mol. The zero-order valence-corrected chi connectivity index (χ0v) is 18.9. The number of likely N-dealkylation sites (tertiary alicyclic amines) is 1. The van der Waals surface area contributed by atoms with E-state index in [1.54, 1.807) is 17.3 Å². The number of hydrogen-bond donors (Lipinski definition) is 2. The molecule has 0 bridgehead atoms. The van der Waals surface area contributed by atoms with Crippen LogP contribution in [0.1, 0.15) is 34.2 Å². The lowest BCUT2D eigenvalue weighted by Crippen LogP contribution is -2.48. The molecule has 9 heteroatoms. The molecule has 0 radical (unpaired) electrons. The first-order valence-corrected chi connectivity index (χ1v) is 11.7. The number of aromatic amines is 1. The van der Waals surface area contributed by atoms with E-state index >= 15 is 0 Å². The number of nitrogens with zero attached hydrogens (tertiary/aromatic N) is 5. The molecule has 6 rings (SSSR count). The van der Waals surface area contributed by atoms with Crippen LogP contribution in [0.5, 0.6) is 0 Å². The van der Waals surface area contributed by atoms with E-state index in [4.69, 9.17) is 0 Å². The fourth-order valence-corrected chi connectivity index (χ4v) is 5.49. The second-order valence-electron chi connectivity index (χ2n) is 9.22. The maximum atomic E-state index is 14.6. The number of amides is 1. The highest BCUT2D eigenvalue weighted by atomic mass is 19.1. The molecule has 2 aromatic rings. The first kappa shape index (κ1) is 21.1. The third-order valence-corrected chi connectivity index (χ3v) is 7.23. The van der Waals surface area contributed by atoms with E-state index in [0.717, 1.165) is 30.0 Å². The van der Waals surface area contributed by atoms with Crippen molar-refractivity contribution in [2.45, 2.75) is 31.0 Å². The molecule has 1 amide bonds. The van der Waals surface area contributed by atoms with Crippen LogP contribution in [-0.2, 0) is 6.42 Å². The van der Waals surface area contributed by atoms with E-state index in [1.807, 2.05) is 53.6 Å². The molecule has 5 heterocycles. The number of anilines is 1. The van der Waals surface area contributed by atoms with Crippen LogP contribution in [-0.4, -0.2) is 74.7 Å². The Kier molecular flexibility index (Phi) is 5.04. The summed E-state index contributed by atoms with van der Waals surface area (Å²) in [6.45, 7) is 1.67. The number of rotatable bonds is 3. The number of likely N-dealkylation sites (N-methyl/N-ethyl adjacent to an activating group) is 1. The smallest absolute Gasteiger partial charge is 0.254 e. The number of halogens is 1. The van der Waals surface area contributed by atoms with E-state index in [2.05, 4.69) is 14.9 Å². The largest absolute Gasteiger partial charge is 0.391 e. The average Bonchev–Trinajstić information content (AvgIpc) is 3.58. The van der Waals surface area contributed by atoms with Crippen LogP contribution in [0.4, 0.5) is 10.1 Å². The van der Waals surface area contributed by atoms with Crippen LogP contribution in [0.2, 0.25) is 0 Å². The lowest BCUT2D eigenvalue weighted by Gasteiger charge is -2.42. The first-order chi connectivity index (χ1) is 16.5. The molecule has 2 N–H and O–H groups in total. The summed E-state index contributed by atoms with van der Waals surface area (Å²) >= 11 is 0. The van der Waals surface area contributed by atoms with E-state index in [0.29, 0.717) is 30.8 Å². The van der Waals surface area contributed by atoms with Crippen molar-refractivity contribution in [1.82, 2.24) is 24.9 Å². The minimum absolute atomic E-state index is 0.0676. The minimum atomic E-state index is -0.454. The van der Waals surface area contributed by atoms with Crippen LogP contribution in [0.15, 0.2) is 66.5 Å². The Labute approximate surface area is 197 Å². The molecule has 4 aliphatic heterocycles. The molecule has 1 fully saturated rings. The van der Waals surface area contributed by atoms with Crippen molar-refractivity contribution in [2.24, 2.45) is 0 Å². The third-order valence-electron chi connectivity index (χ3n) is 7.23. The van der Waals surface area contributed by atoms with Gasteiger partial charge in [0.1, 0.15) is 5.83 Å². The highest BCUT2D eigenvalue weighted by Crippen LogP contribution is 2.42. The molecule has 1 aromatic heterocycles. The van der Waals surface area contributed by atoms with Gasteiger partial charge < -0.3 is 19.9 Å². The van der Waals surface area contributed by atoms with Crippen molar-refractivity contribution in [3.05, 3.63) is 83.5 Å². The molecule has 0 spiro atoms. The van der Waals surface area contributed by atoms with Gasteiger partial charge in [0.15, 0.2) is 0 Å². The lowest BCUT2D eigenvalue weighted by atomic mass is 9.94. The first-order valence-electron chi connectivity index (χ1n) is 11.7. The number of aliphatic hydroxyl groups excluding tert-OH is 1. The monoisotopic (exact) mass is 462 g/mol. The molecule has 1 aromatic carbocycles. The number of carbonyl (C=O) groups is 1. The van der Waals surface area contributed by atoms with Gasteiger partial charge in [0, 0.05) is 56.2 Å². The molecule has 4 aliphatic rings. The van der Waals surface area contributed by atoms with Gasteiger partial charge in [0.2, 0.25) is 0 Å². The van der Waals surface area contributed by atoms with Crippen LogP contribution in [0.25, 0.3) is 0 Å². The van der Waals surface area contributed by atoms with Crippen molar-refractivity contribution in [1.29, 1.82) is 0 Å². The predicted octanol–water partition coefficient (Wildman–Crippen LogP) is 2.52. The van der Waals surface area contributed by atoms with Crippen LogP contribution in [0, 0.1) is 0 Å². The Balaban J connectivity index is 1.37. The van der Waals surface area contributed by atoms with Gasteiger partial charge in [-0.05, 0) is 42.8 Å². The van der Waals surface area contributed by atoms with Gasteiger partial charge in [0.05, 0.1) is 35.9 Å². The molecular formula is C25H27FN6O2. The fourth-order valence-electron chi connectivity index (χ4n) is 5.49. The van der Waals surface area contributed by atoms with Gasteiger partial charge >= 0.3 is 0 Å². The number of nitrogens with one attached hydrogen (secondary N) is 1. The van der Waals surface area contributed by atoms with Crippen LogP contribution >= 0.6 is 0 Å². The molecule has 1 unspecified atom stereocenters. The predicted molar refractivity (Wildman–Crippen MR) is 125 cm³/mol. The van der Waals surface area contributed by atoms with Crippen molar-refractivity contribution in [3.63, 3.8) is 0 Å². The Hall–Kier alpha value is -3.43. The van der Waals surface area contributed by atoms with Crippen LogP contribution < -0.4 is 4.90 Å². The summed E-state index contributed by atoms with van der Waals surface area (Å²) in [4.78, 5) is 25.0. The number of allylic oxidation sites excluding steroid dienone is 3. The zero-order valence-electron chi connectivity index (χ0n) is 18.9. The number of benzene rings is 1. The molecule has 1 saturated heterocycles. The van der Waals surface area contributed by atoms with Gasteiger partial charge in [-0.15, -0.1) is 0 Å². The molecule has 34 heavy (non-hydrogen) atoms. The summed E-state index contributed by atoms with van der Waals surface area (Å²) in [7, 11) is 1.95. The quantitative estimate of drug-likeness (QED) is 0.730. The summed E-state index contributed by atoms with van der Waals surface area (Å²) in [5.74, 6) is -0.330. The van der Waals surface area contributed by atoms with Crippen molar-refractivity contribution in [3.8, 4) is 0 Å². The van der Waals surface area contributed by atoms with Crippen molar-refractivity contribution in [2.75, 3.05) is 31.6 Å². The number of fused-ring (bicyclic) bond motifs is 2. The Morgan fingerprint density at radius 3 is 2.97 bits per heavy atom. The molecule has 0 aliphatic carbocycles. The number of carbonyl (C=O) groups excluding carboxylic acids is 1. The number of imidazole rings is 1. The average molecular weight is 463 g/mol. The highest BCUT2D eigenvalue weighted by molar-refractivity contribution is 5.95. The van der Waals surface area contributed by atoms with Gasteiger partial charge in [0.25, 0.3) is 5.91 Å². The second kappa shape index (κ2) is 8.11. The summed E-state index contributed by atoms with van der Waals surface area (Å²) in [5, 5.41) is 13.7. The maximum Gasteiger partial charge on any atom is 0.254 e. The third kappa shape index (κ3) is 3.35. The number of aromatic nitrogens is 2. The number of hydrogen-bond acceptors (Lipinski definition) is 6. The van der Waals surface area contributed by atoms with Gasteiger partial charge in [-0.1, -0.05) is 6.07 Å². The highest BCUT2D eigenvalue weighted by Gasteiger charge is 2.43. The standard InChI is InChI=1S/C25H27FN6O2/c1-29-22(13-21-19(26)6-3-9-32(21)29)24-23-20(27-15-28-23)8-11-31(24)17-5-2-4-16(12-17)25(34)30-10-7-18(33)14-30/h2-6,9,12-13,15,18,22,24,33H,7-8,10-11,14H2,1H3,(H,27,28)/t18-,22?,24+/m0/s1. The van der Waals surface area contributed by atoms with E-state index in [-0.39, 0.29) is 23.8 Å². The number of H-pyrrole nitrogens is 1. The minimum Gasteiger partial charge on any atom is -0.391 e. The van der Waals surface area contributed by atoms with E-state index < -0.39 is 6.10 Å². The number of aliphatic hydroxyl groups is 1. The Morgan fingerprint density at radius 1 is 1.29 bits per heavy atom. The topological polar surface area (TPSA) is 78.9 Å². The molecule has 3 atom stereocenters. The zero-order chi connectivity index (χ0) is 23.4. The fraction of sp³-hybridized carbons (Fsp3) is 0.360. The molecule has 176 valence electrons. The summed E-state index contributed by atoms with van der Waals surface area (Å²) in [5.41, 5.74) is 4.09. The SMILES string of the molecule is CN1C([C@@H]2c3nc[nH]c3CCN2c2cccc(C(=O)N3CC[C@H](O)C3)c2)C=C2C(F)=CC=CN21. The Morgan fingerprint density at radius 2 is 2.18 bits per heavy atom. The van der Waals surface area contributed by atoms with E-state index in [9.17, 15) is 14.3 Å². The lowest BCUT2D eigenvalue weighted by molar-refractivity contribution is 0.0691. The van der Waals surface area contributed by atoms with Crippen molar-refractivity contribution >= 4 is 11.6 Å². The molecule has 0 saturated carbocycles. The number of hydrazine groups is 1. The van der Waals surface area contributed by atoms with Crippen molar-refractivity contribution < 1.29 is 14.3 Å². The van der Waals surface area contributed by atoms with Gasteiger partial charge in [-0.25, -0.2) is 14.4 Å². The van der Waals surface area contributed by atoms with Crippen LogP contribution in [0.3, 0.4) is 0 Å². The summed E-state index contributed by atoms with van der Waals surface area (Å²) in [6, 6.07) is 7.33. The van der Waals surface area contributed by atoms with E-state index in [1.165, 1.54) is 6.08 Å². The maximum absolute atomic E-state index is 14.6. The number of β-amino-alcohol motifs (C(OH)–C–C–N with tert-alkyl or cyclic N) is 1. The molecule has 8 nitrogen and oxygen atoms in total. The second-order valence-corrected chi connectivity index (χ2v) is 9.22. The summed E-state index contributed by atoms with van der Waals surface area (Å²) < 4.78 is 14.6. The Bertz CT molecular complexity index is 1220. The normalized spacial score (nSPS) is 26.4. The van der Waals surface area contributed by atoms with Gasteiger partial charge in [-0.3, -0.25) is 9.80 Å². The summed E-state index contributed by atoms with van der Waals surface area (Å²) in [6.07, 6.45) is 9.66.